The molecule has 0 fully saturated rings. The van der Waals surface area contributed by atoms with E-state index in [1.165, 1.54) is 7.14 Å². The van der Waals surface area contributed by atoms with Gasteiger partial charge in [0.15, 0.2) is 0 Å². The summed E-state index contributed by atoms with van der Waals surface area (Å²) in [6.07, 6.45) is 2.35. The Morgan fingerprint density at radius 2 is 1.87 bits per heavy atom. The number of carbonyl (C=O) groups is 1. The summed E-state index contributed by atoms with van der Waals surface area (Å²) in [5.74, 6) is 0.673. The molecule has 0 N–H and O–H groups in total. The second-order valence-corrected chi connectivity index (χ2v) is 6.62. The number of halogens is 3. The van der Waals surface area contributed by atoms with E-state index in [2.05, 4.69) is 73.8 Å². The third-order valence-corrected chi connectivity index (χ3v) is 7.30. The molecule has 80 valence electrons. The van der Waals surface area contributed by atoms with E-state index in [1.807, 2.05) is 0 Å². The fourth-order valence-corrected chi connectivity index (χ4v) is 3.82. The molecule has 0 aromatic heterocycles. The Morgan fingerprint density at radius 3 is 2.60 bits per heavy atom. The Hall–Kier alpha value is 0.880. The predicted molar refractivity (Wildman–Crippen MR) is 83.2 cm³/mol. The minimum atomic E-state index is -0.108. The molecule has 0 saturated carbocycles. The highest BCUT2D eigenvalue weighted by atomic mass is 127. The van der Waals surface area contributed by atoms with Gasteiger partial charge in [-0.25, -0.2) is 0 Å². The summed E-state index contributed by atoms with van der Waals surface area (Å²) in [6, 6.07) is 2.12. The van der Waals surface area contributed by atoms with Crippen LogP contribution in [0.15, 0.2) is 6.07 Å². The topological polar surface area (TPSA) is 26.3 Å². The van der Waals surface area contributed by atoms with Crippen molar-refractivity contribution in [3.8, 4) is 5.75 Å². The van der Waals surface area contributed by atoms with Crippen molar-refractivity contribution in [3.63, 3.8) is 0 Å². The van der Waals surface area contributed by atoms with Gasteiger partial charge in [0, 0.05) is 13.6 Å². The summed E-state index contributed by atoms with van der Waals surface area (Å²) in [7, 11) is 0. The molecule has 0 saturated heterocycles. The monoisotopic (exact) mass is 540 g/mol. The fraction of sp³-hybridized carbons (Fsp3) is 0.300. The first kappa shape index (κ1) is 12.3. The van der Waals surface area contributed by atoms with Gasteiger partial charge in [0.25, 0.3) is 0 Å². The third-order valence-electron chi connectivity index (χ3n) is 2.24. The van der Waals surface area contributed by atoms with Crippen LogP contribution in [0.5, 0.6) is 5.75 Å². The van der Waals surface area contributed by atoms with E-state index in [4.69, 9.17) is 4.74 Å². The zero-order valence-corrected chi connectivity index (χ0v) is 14.1. The SMILES string of the molecule is O=C1CCCc2cc(I)c(I)c(I)c2O1. The maximum absolute atomic E-state index is 11.4. The molecular formula is C10H7I3O2. The summed E-state index contributed by atoms with van der Waals surface area (Å²) in [6.45, 7) is 0. The molecule has 1 aliphatic rings. The van der Waals surface area contributed by atoms with Gasteiger partial charge >= 0.3 is 5.97 Å². The molecule has 0 radical (unpaired) electrons. The van der Waals surface area contributed by atoms with E-state index in [-0.39, 0.29) is 5.97 Å². The first-order valence-corrected chi connectivity index (χ1v) is 7.70. The van der Waals surface area contributed by atoms with E-state index >= 15 is 0 Å². The van der Waals surface area contributed by atoms with Gasteiger partial charge in [-0.3, -0.25) is 4.79 Å². The number of carbonyl (C=O) groups excluding carboxylic acids is 1. The van der Waals surface area contributed by atoms with Crippen LogP contribution in [0.3, 0.4) is 0 Å². The molecule has 1 aromatic carbocycles. The summed E-state index contributed by atoms with van der Waals surface area (Å²) in [5.41, 5.74) is 1.16. The van der Waals surface area contributed by atoms with Crippen molar-refractivity contribution < 1.29 is 9.53 Å². The highest BCUT2D eigenvalue weighted by Crippen LogP contribution is 2.35. The van der Waals surface area contributed by atoms with E-state index in [1.54, 1.807) is 0 Å². The quantitative estimate of drug-likeness (QED) is 0.217. The number of rotatable bonds is 0. The summed E-state index contributed by atoms with van der Waals surface area (Å²) < 4.78 is 8.83. The van der Waals surface area contributed by atoms with Gasteiger partial charge in [-0.2, -0.15) is 0 Å². The van der Waals surface area contributed by atoms with Gasteiger partial charge in [-0.1, -0.05) is 0 Å². The van der Waals surface area contributed by atoms with Crippen LogP contribution in [0, 0.1) is 10.7 Å². The second-order valence-electron chi connectivity index (χ2n) is 3.30. The van der Waals surface area contributed by atoms with Gasteiger partial charge < -0.3 is 4.74 Å². The summed E-state index contributed by atoms with van der Waals surface area (Å²) in [5, 5.41) is 0. The van der Waals surface area contributed by atoms with Crippen molar-refractivity contribution in [1.82, 2.24) is 0 Å². The van der Waals surface area contributed by atoms with Crippen molar-refractivity contribution in [2.24, 2.45) is 0 Å². The van der Waals surface area contributed by atoms with Crippen LogP contribution in [-0.2, 0) is 11.2 Å². The average Bonchev–Trinajstić information content (AvgIpc) is 2.37. The first-order valence-electron chi connectivity index (χ1n) is 4.46. The van der Waals surface area contributed by atoms with Crippen LogP contribution < -0.4 is 4.74 Å². The number of esters is 1. The van der Waals surface area contributed by atoms with Crippen LogP contribution in [0.4, 0.5) is 0 Å². The lowest BCUT2D eigenvalue weighted by Crippen LogP contribution is -2.07. The number of hydrogen-bond donors (Lipinski definition) is 0. The molecule has 0 bridgehead atoms. The molecule has 1 heterocycles. The van der Waals surface area contributed by atoms with Crippen molar-refractivity contribution in [2.45, 2.75) is 19.3 Å². The molecule has 2 rings (SSSR count). The minimum Gasteiger partial charge on any atom is -0.425 e. The first-order chi connectivity index (χ1) is 7.09. The van der Waals surface area contributed by atoms with Crippen LogP contribution in [0.25, 0.3) is 0 Å². The lowest BCUT2D eigenvalue weighted by molar-refractivity contribution is -0.134. The molecule has 1 aromatic rings. The smallest absolute Gasteiger partial charge is 0.311 e. The maximum atomic E-state index is 11.4. The van der Waals surface area contributed by atoms with Crippen molar-refractivity contribution in [1.29, 1.82) is 0 Å². The highest BCUT2D eigenvalue weighted by molar-refractivity contribution is 14.1. The van der Waals surface area contributed by atoms with Gasteiger partial charge in [0.1, 0.15) is 5.75 Å². The molecule has 2 nitrogen and oxygen atoms in total. The number of fused-ring (bicyclic) bond motifs is 1. The zero-order chi connectivity index (χ0) is 11.0. The number of hydrogen-bond acceptors (Lipinski definition) is 2. The fourth-order valence-electron chi connectivity index (χ4n) is 1.51. The Balaban J connectivity index is 2.58. The highest BCUT2D eigenvalue weighted by Gasteiger charge is 2.20. The van der Waals surface area contributed by atoms with Crippen molar-refractivity contribution in [2.75, 3.05) is 0 Å². The normalized spacial score (nSPS) is 15.5. The standard InChI is InChI=1S/C10H7I3O2/c11-6-4-5-2-1-3-7(14)15-10(5)9(13)8(6)12/h4H,1-3H2. The predicted octanol–water partition coefficient (Wildman–Crippen LogP) is 3.74. The minimum absolute atomic E-state index is 0.108. The van der Waals surface area contributed by atoms with Crippen LogP contribution in [0.1, 0.15) is 18.4 Å². The number of benzene rings is 1. The maximum Gasteiger partial charge on any atom is 0.311 e. The third kappa shape index (κ3) is 2.59. The lowest BCUT2D eigenvalue weighted by Gasteiger charge is -2.11. The van der Waals surface area contributed by atoms with Crippen LogP contribution >= 0.6 is 67.8 Å². The molecule has 0 spiro atoms. The molecular weight excluding hydrogens is 533 g/mol. The van der Waals surface area contributed by atoms with E-state index in [0.717, 1.165) is 27.7 Å². The van der Waals surface area contributed by atoms with E-state index in [9.17, 15) is 4.79 Å². The van der Waals surface area contributed by atoms with E-state index < -0.39 is 0 Å². The molecule has 0 amide bonds. The van der Waals surface area contributed by atoms with E-state index in [0.29, 0.717) is 6.42 Å². The van der Waals surface area contributed by atoms with Gasteiger partial charge in [-0.15, -0.1) is 0 Å². The van der Waals surface area contributed by atoms with Gasteiger partial charge in [-0.05, 0) is 92.2 Å². The summed E-state index contributed by atoms with van der Waals surface area (Å²) >= 11 is 6.86. The number of ether oxygens (including phenoxy) is 1. The van der Waals surface area contributed by atoms with Gasteiger partial charge in [0.05, 0.1) is 3.57 Å². The van der Waals surface area contributed by atoms with Gasteiger partial charge in [0.2, 0.25) is 0 Å². The molecule has 0 aliphatic carbocycles. The average molecular weight is 540 g/mol. The van der Waals surface area contributed by atoms with Crippen LogP contribution in [-0.4, -0.2) is 5.97 Å². The summed E-state index contributed by atoms with van der Waals surface area (Å²) in [4.78, 5) is 11.4. The zero-order valence-electron chi connectivity index (χ0n) is 7.65. The Kier molecular flexibility index (Phi) is 4.14. The lowest BCUT2D eigenvalue weighted by atomic mass is 10.1. The molecule has 5 heteroatoms. The second kappa shape index (κ2) is 5.03. The van der Waals surface area contributed by atoms with Crippen molar-refractivity contribution in [3.05, 3.63) is 22.3 Å². The Bertz CT molecular complexity index is 429. The Labute approximate surface area is 129 Å². The number of aryl methyl sites for hydroxylation is 1. The van der Waals surface area contributed by atoms with Crippen LogP contribution in [0.2, 0.25) is 0 Å². The molecule has 0 unspecified atom stereocenters. The largest absolute Gasteiger partial charge is 0.425 e. The molecule has 15 heavy (non-hydrogen) atoms. The van der Waals surface area contributed by atoms with Crippen molar-refractivity contribution >= 4 is 73.7 Å². The molecule has 1 aliphatic heterocycles. The Morgan fingerprint density at radius 1 is 1.13 bits per heavy atom. The molecule has 0 atom stereocenters.